The van der Waals surface area contributed by atoms with Crippen molar-refractivity contribution in [1.82, 2.24) is 0 Å². The Labute approximate surface area is 117 Å². The fourth-order valence-electron chi connectivity index (χ4n) is 1.72. The topological polar surface area (TPSA) is 58.6 Å². The van der Waals surface area contributed by atoms with Crippen molar-refractivity contribution >= 4 is 11.6 Å². The standard InChI is InChI=1S/C15H18FNO3/c1-11(10-20-2)8-15(19)17-14-6-5-13(16)9-12(14)4-3-7-18/h5-6,9,11,18H,7-8,10H2,1-2H3,(H,17,19). The van der Waals surface area contributed by atoms with Crippen molar-refractivity contribution in [3.63, 3.8) is 0 Å². The van der Waals surface area contributed by atoms with Crippen LogP contribution in [-0.4, -0.2) is 31.3 Å². The maximum absolute atomic E-state index is 13.2. The van der Waals surface area contributed by atoms with Crippen molar-refractivity contribution < 1.29 is 19.0 Å². The molecular weight excluding hydrogens is 261 g/mol. The summed E-state index contributed by atoms with van der Waals surface area (Å²) in [5.74, 6) is 4.50. The molecule has 1 aromatic rings. The number of aliphatic hydroxyl groups excluding tert-OH is 1. The number of hydrogen-bond acceptors (Lipinski definition) is 3. The van der Waals surface area contributed by atoms with Crippen molar-refractivity contribution in [3.05, 3.63) is 29.6 Å². The first-order chi connectivity index (χ1) is 9.56. The number of nitrogens with one attached hydrogen (secondary N) is 1. The highest BCUT2D eigenvalue weighted by Gasteiger charge is 2.11. The van der Waals surface area contributed by atoms with Crippen molar-refractivity contribution in [3.8, 4) is 11.8 Å². The molecule has 5 heteroatoms. The summed E-state index contributed by atoms with van der Waals surface area (Å²) in [6.07, 6.45) is 0.304. The highest BCUT2D eigenvalue weighted by molar-refractivity contribution is 5.92. The number of hydrogen-bond donors (Lipinski definition) is 2. The van der Waals surface area contributed by atoms with E-state index in [1.807, 2.05) is 6.92 Å². The van der Waals surface area contributed by atoms with Crippen LogP contribution in [0.15, 0.2) is 18.2 Å². The SMILES string of the molecule is COCC(C)CC(=O)Nc1ccc(F)cc1C#CCO. The van der Waals surface area contributed by atoms with Crippen LogP contribution in [0, 0.1) is 23.6 Å². The van der Waals surface area contributed by atoms with Gasteiger partial charge in [0, 0.05) is 20.1 Å². The highest BCUT2D eigenvalue weighted by atomic mass is 19.1. The lowest BCUT2D eigenvalue weighted by atomic mass is 10.1. The Morgan fingerprint density at radius 3 is 2.95 bits per heavy atom. The van der Waals surface area contributed by atoms with E-state index in [0.717, 1.165) is 0 Å². The molecule has 0 saturated carbocycles. The van der Waals surface area contributed by atoms with Gasteiger partial charge in [-0.05, 0) is 24.1 Å². The summed E-state index contributed by atoms with van der Waals surface area (Å²) in [6.45, 7) is 2.07. The van der Waals surface area contributed by atoms with Gasteiger partial charge in [0.1, 0.15) is 12.4 Å². The number of amides is 1. The molecule has 4 nitrogen and oxygen atoms in total. The van der Waals surface area contributed by atoms with E-state index in [0.29, 0.717) is 24.3 Å². The van der Waals surface area contributed by atoms with Crippen LogP contribution in [0.2, 0.25) is 0 Å². The maximum Gasteiger partial charge on any atom is 0.224 e. The Bertz CT molecular complexity index is 520. The maximum atomic E-state index is 13.2. The van der Waals surface area contributed by atoms with E-state index in [4.69, 9.17) is 9.84 Å². The smallest absolute Gasteiger partial charge is 0.224 e. The van der Waals surface area contributed by atoms with Crippen LogP contribution in [0.5, 0.6) is 0 Å². The third-order valence-corrected chi connectivity index (χ3v) is 2.54. The molecule has 20 heavy (non-hydrogen) atoms. The van der Waals surface area contributed by atoms with E-state index in [9.17, 15) is 9.18 Å². The Balaban J connectivity index is 2.78. The zero-order valence-corrected chi connectivity index (χ0v) is 11.6. The Morgan fingerprint density at radius 1 is 1.55 bits per heavy atom. The number of carbonyl (C=O) groups is 1. The molecule has 0 aliphatic heterocycles. The largest absolute Gasteiger partial charge is 0.384 e. The van der Waals surface area contributed by atoms with E-state index >= 15 is 0 Å². The minimum Gasteiger partial charge on any atom is -0.384 e. The summed E-state index contributed by atoms with van der Waals surface area (Å²) in [5.41, 5.74) is 0.772. The lowest BCUT2D eigenvalue weighted by Gasteiger charge is -2.11. The molecular formula is C15H18FNO3. The molecule has 0 fully saturated rings. The zero-order valence-electron chi connectivity index (χ0n) is 11.6. The number of anilines is 1. The Kier molecular flexibility index (Phi) is 6.71. The third-order valence-electron chi connectivity index (χ3n) is 2.54. The molecule has 1 aromatic carbocycles. The molecule has 1 atom stereocenters. The molecule has 0 saturated heterocycles. The monoisotopic (exact) mass is 279 g/mol. The number of halogens is 1. The molecule has 0 bridgehead atoms. The fourth-order valence-corrected chi connectivity index (χ4v) is 1.72. The molecule has 0 radical (unpaired) electrons. The van der Waals surface area contributed by atoms with Gasteiger partial charge in [0.2, 0.25) is 5.91 Å². The van der Waals surface area contributed by atoms with Gasteiger partial charge in [0.25, 0.3) is 0 Å². The minimum atomic E-state index is -0.446. The second-order valence-electron chi connectivity index (χ2n) is 4.46. The molecule has 2 N–H and O–H groups in total. The average molecular weight is 279 g/mol. The summed E-state index contributed by atoms with van der Waals surface area (Å²) < 4.78 is 18.1. The Hall–Kier alpha value is -1.90. The number of aliphatic hydroxyl groups is 1. The average Bonchev–Trinajstić information content (AvgIpc) is 2.39. The summed E-state index contributed by atoms with van der Waals surface area (Å²) in [4.78, 5) is 11.9. The first kappa shape index (κ1) is 16.2. The van der Waals surface area contributed by atoms with Crippen molar-refractivity contribution in [2.24, 2.45) is 5.92 Å². The third kappa shape index (κ3) is 5.39. The molecule has 0 spiro atoms. The minimum absolute atomic E-state index is 0.0902. The number of carbonyl (C=O) groups excluding carboxylic acids is 1. The van der Waals surface area contributed by atoms with Crippen LogP contribution in [0.25, 0.3) is 0 Å². The van der Waals surface area contributed by atoms with Gasteiger partial charge in [-0.15, -0.1) is 0 Å². The van der Waals surface area contributed by atoms with Crippen LogP contribution >= 0.6 is 0 Å². The summed E-state index contributed by atoms with van der Waals surface area (Å²) in [5, 5.41) is 11.4. The highest BCUT2D eigenvalue weighted by Crippen LogP contribution is 2.17. The van der Waals surface area contributed by atoms with Crippen LogP contribution in [0.4, 0.5) is 10.1 Å². The van der Waals surface area contributed by atoms with Gasteiger partial charge < -0.3 is 15.2 Å². The molecule has 0 aliphatic carbocycles. The molecule has 1 rings (SSSR count). The molecule has 1 amide bonds. The fraction of sp³-hybridized carbons (Fsp3) is 0.400. The number of methoxy groups -OCH3 is 1. The molecule has 0 aliphatic rings. The van der Waals surface area contributed by atoms with Crippen LogP contribution < -0.4 is 5.32 Å². The lowest BCUT2D eigenvalue weighted by Crippen LogP contribution is -2.18. The van der Waals surface area contributed by atoms with Gasteiger partial charge in [-0.1, -0.05) is 18.8 Å². The van der Waals surface area contributed by atoms with Gasteiger partial charge in [-0.3, -0.25) is 4.79 Å². The van der Waals surface area contributed by atoms with E-state index in [2.05, 4.69) is 17.2 Å². The number of rotatable bonds is 5. The summed E-state index contributed by atoms with van der Waals surface area (Å²) >= 11 is 0. The lowest BCUT2D eigenvalue weighted by molar-refractivity contribution is -0.117. The van der Waals surface area contributed by atoms with Crippen molar-refractivity contribution in [2.45, 2.75) is 13.3 Å². The van der Waals surface area contributed by atoms with Crippen LogP contribution in [0.3, 0.4) is 0 Å². The van der Waals surface area contributed by atoms with Gasteiger partial charge in [-0.25, -0.2) is 4.39 Å². The first-order valence-electron chi connectivity index (χ1n) is 6.25. The quantitative estimate of drug-likeness (QED) is 0.808. The van der Waals surface area contributed by atoms with E-state index in [1.54, 1.807) is 7.11 Å². The van der Waals surface area contributed by atoms with Gasteiger partial charge in [0.05, 0.1) is 11.3 Å². The van der Waals surface area contributed by atoms with Gasteiger partial charge in [0.15, 0.2) is 0 Å². The van der Waals surface area contributed by atoms with Crippen molar-refractivity contribution in [1.29, 1.82) is 0 Å². The van der Waals surface area contributed by atoms with Crippen LogP contribution in [0.1, 0.15) is 18.9 Å². The van der Waals surface area contributed by atoms with Crippen molar-refractivity contribution in [2.75, 3.05) is 25.6 Å². The van der Waals surface area contributed by atoms with Gasteiger partial charge in [-0.2, -0.15) is 0 Å². The first-order valence-corrected chi connectivity index (χ1v) is 6.25. The zero-order chi connectivity index (χ0) is 15.0. The molecule has 108 valence electrons. The van der Waals surface area contributed by atoms with E-state index in [1.165, 1.54) is 18.2 Å². The molecule has 1 unspecified atom stereocenters. The number of benzene rings is 1. The number of ether oxygens (including phenoxy) is 1. The molecule has 0 heterocycles. The van der Waals surface area contributed by atoms with Crippen LogP contribution in [-0.2, 0) is 9.53 Å². The van der Waals surface area contributed by atoms with Gasteiger partial charge >= 0.3 is 0 Å². The predicted octanol–water partition coefficient (Wildman–Crippen LogP) is 1.78. The second kappa shape index (κ2) is 8.31. The Morgan fingerprint density at radius 2 is 2.30 bits per heavy atom. The second-order valence-corrected chi connectivity index (χ2v) is 4.46. The summed E-state index contributed by atoms with van der Waals surface area (Å²) in [6, 6.07) is 3.92. The summed E-state index contributed by atoms with van der Waals surface area (Å²) in [7, 11) is 1.58. The predicted molar refractivity (Wildman–Crippen MR) is 74.7 cm³/mol. The molecule has 0 aromatic heterocycles. The van der Waals surface area contributed by atoms with E-state index < -0.39 is 5.82 Å². The van der Waals surface area contributed by atoms with E-state index in [-0.39, 0.29) is 18.4 Å². The normalized spacial score (nSPS) is 11.4.